The molecule has 0 aliphatic carbocycles. The molecule has 98 valence electrons. The molecular weight excluding hydrogens is 299 g/mol. The average Bonchev–Trinajstić information content (AvgIpc) is 2.86. The van der Waals surface area contributed by atoms with E-state index < -0.39 is 0 Å². The number of ether oxygens (including phenoxy) is 1. The molecule has 1 aromatic rings. The molecule has 0 spiro atoms. The van der Waals surface area contributed by atoms with Crippen molar-refractivity contribution < 1.29 is 13.9 Å². The Kier molecular flexibility index (Phi) is 4.89. The third-order valence-electron chi connectivity index (χ3n) is 3.19. The topological polar surface area (TPSA) is 26.3 Å². The number of hydrogen-bond acceptors (Lipinski definition) is 2. The third-order valence-corrected chi connectivity index (χ3v) is 4.08. The first-order valence-electron chi connectivity index (χ1n) is 6.23. The average molecular weight is 315 g/mol. The second-order valence-electron chi connectivity index (χ2n) is 4.60. The molecule has 1 heterocycles. The smallest absolute Gasteiger partial charge is 0.137 e. The van der Waals surface area contributed by atoms with Crippen molar-refractivity contribution in [2.75, 3.05) is 6.61 Å². The van der Waals surface area contributed by atoms with Crippen LogP contribution in [-0.2, 0) is 16.0 Å². The van der Waals surface area contributed by atoms with E-state index >= 15 is 0 Å². The lowest BCUT2D eigenvalue weighted by molar-refractivity contribution is -0.119. The van der Waals surface area contributed by atoms with E-state index in [0.717, 1.165) is 25.9 Å². The van der Waals surface area contributed by atoms with Crippen LogP contribution in [-0.4, -0.2) is 18.5 Å². The van der Waals surface area contributed by atoms with Gasteiger partial charge < -0.3 is 4.74 Å². The van der Waals surface area contributed by atoms with Crippen LogP contribution >= 0.6 is 15.9 Å². The fourth-order valence-electron chi connectivity index (χ4n) is 2.18. The third kappa shape index (κ3) is 3.62. The Morgan fingerprint density at radius 3 is 3.06 bits per heavy atom. The number of benzene rings is 1. The monoisotopic (exact) mass is 314 g/mol. The zero-order valence-corrected chi connectivity index (χ0v) is 11.7. The van der Waals surface area contributed by atoms with Crippen molar-refractivity contribution in [2.45, 2.75) is 38.2 Å². The molecule has 2 nitrogen and oxygen atoms in total. The van der Waals surface area contributed by atoms with Crippen LogP contribution in [0.1, 0.15) is 31.2 Å². The highest BCUT2D eigenvalue weighted by atomic mass is 79.9. The van der Waals surface area contributed by atoms with Gasteiger partial charge in [0.25, 0.3) is 0 Å². The molecule has 1 atom stereocenters. The predicted molar refractivity (Wildman–Crippen MR) is 71.0 cm³/mol. The normalized spacial score (nSPS) is 19.1. The molecule has 18 heavy (non-hydrogen) atoms. The Morgan fingerprint density at radius 2 is 2.33 bits per heavy atom. The van der Waals surface area contributed by atoms with Gasteiger partial charge in [0, 0.05) is 19.4 Å². The first-order chi connectivity index (χ1) is 8.66. The summed E-state index contributed by atoms with van der Waals surface area (Å²) in [7, 11) is 0. The SMILES string of the molecule is O=C(CCC1CCCO1)Cc1cccc(F)c1Br. The summed E-state index contributed by atoms with van der Waals surface area (Å²) in [5.41, 5.74) is 0.715. The summed E-state index contributed by atoms with van der Waals surface area (Å²) in [4.78, 5) is 11.8. The number of carbonyl (C=O) groups excluding carboxylic acids is 1. The van der Waals surface area contributed by atoms with E-state index in [9.17, 15) is 9.18 Å². The van der Waals surface area contributed by atoms with Crippen LogP contribution in [0.25, 0.3) is 0 Å². The van der Waals surface area contributed by atoms with E-state index in [4.69, 9.17) is 4.74 Å². The molecule has 0 N–H and O–H groups in total. The van der Waals surface area contributed by atoms with E-state index in [2.05, 4.69) is 15.9 Å². The molecule has 0 amide bonds. The molecule has 2 rings (SSSR count). The predicted octanol–water partition coefficient (Wildman–Crippen LogP) is 3.66. The highest BCUT2D eigenvalue weighted by Gasteiger charge is 2.17. The van der Waals surface area contributed by atoms with Crippen molar-refractivity contribution in [3.63, 3.8) is 0 Å². The summed E-state index contributed by atoms with van der Waals surface area (Å²) in [5, 5.41) is 0. The molecule has 0 saturated carbocycles. The first kappa shape index (κ1) is 13.7. The number of rotatable bonds is 5. The minimum atomic E-state index is -0.320. The zero-order valence-electron chi connectivity index (χ0n) is 10.1. The van der Waals surface area contributed by atoms with Crippen LogP contribution in [0.15, 0.2) is 22.7 Å². The van der Waals surface area contributed by atoms with Crippen LogP contribution in [0.4, 0.5) is 4.39 Å². The van der Waals surface area contributed by atoms with Gasteiger partial charge in [-0.1, -0.05) is 12.1 Å². The maximum absolute atomic E-state index is 13.3. The Morgan fingerprint density at radius 1 is 1.50 bits per heavy atom. The van der Waals surface area contributed by atoms with E-state index in [-0.39, 0.29) is 24.1 Å². The van der Waals surface area contributed by atoms with Gasteiger partial charge in [-0.25, -0.2) is 4.39 Å². The van der Waals surface area contributed by atoms with Crippen LogP contribution in [0.2, 0.25) is 0 Å². The van der Waals surface area contributed by atoms with Crippen molar-refractivity contribution in [1.29, 1.82) is 0 Å². The molecule has 0 aromatic heterocycles. The summed E-state index contributed by atoms with van der Waals surface area (Å²) >= 11 is 3.17. The molecule has 1 saturated heterocycles. The summed E-state index contributed by atoms with van der Waals surface area (Å²) in [6.07, 6.45) is 3.96. The lowest BCUT2D eigenvalue weighted by atomic mass is 10.0. The van der Waals surface area contributed by atoms with Gasteiger partial charge in [-0.05, 0) is 46.8 Å². The minimum Gasteiger partial charge on any atom is -0.378 e. The Hall–Kier alpha value is -0.740. The summed E-state index contributed by atoms with van der Waals surface area (Å²) in [6.45, 7) is 0.814. The van der Waals surface area contributed by atoms with Crippen molar-refractivity contribution in [1.82, 2.24) is 0 Å². The standard InChI is InChI=1S/C14H16BrFO2/c15-14-10(3-1-5-13(14)16)9-11(17)6-7-12-4-2-8-18-12/h1,3,5,12H,2,4,6-9H2. The fraction of sp³-hybridized carbons (Fsp3) is 0.500. The van der Waals surface area contributed by atoms with Crippen molar-refractivity contribution in [2.24, 2.45) is 0 Å². The summed E-state index contributed by atoms with van der Waals surface area (Å²) in [6, 6.07) is 4.78. The Bertz CT molecular complexity index is 428. The molecule has 0 bridgehead atoms. The highest BCUT2D eigenvalue weighted by Crippen LogP contribution is 2.22. The Labute approximate surface area is 115 Å². The lowest BCUT2D eigenvalue weighted by Crippen LogP contribution is -2.10. The lowest BCUT2D eigenvalue weighted by Gasteiger charge is -2.09. The van der Waals surface area contributed by atoms with E-state index in [1.54, 1.807) is 12.1 Å². The minimum absolute atomic E-state index is 0.136. The van der Waals surface area contributed by atoms with Crippen LogP contribution < -0.4 is 0 Å². The quantitative estimate of drug-likeness (QED) is 0.829. The molecule has 1 unspecified atom stereocenters. The van der Waals surface area contributed by atoms with E-state index in [1.165, 1.54) is 6.07 Å². The number of carbonyl (C=O) groups is 1. The fourth-order valence-corrected chi connectivity index (χ4v) is 2.58. The van der Waals surface area contributed by atoms with Gasteiger partial charge in [-0.2, -0.15) is 0 Å². The van der Waals surface area contributed by atoms with Gasteiger partial charge in [0.2, 0.25) is 0 Å². The van der Waals surface area contributed by atoms with E-state index in [0.29, 0.717) is 16.5 Å². The molecule has 4 heteroatoms. The Balaban J connectivity index is 1.84. The van der Waals surface area contributed by atoms with Crippen molar-refractivity contribution in [3.05, 3.63) is 34.1 Å². The first-order valence-corrected chi connectivity index (χ1v) is 7.02. The molecule has 1 fully saturated rings. The van der Waals surface area contributed by atoms with Crippen molar-refractivity contribution in [3.8, 4) is 0 Å². The van der Waals surface area contributed by atoms with Crippen molar-refractivity contribution >= 4 is 21.7 Å². The van der Waals surface area contributed by atoms with Crippen LogP contribution in [0.3, 0.4) is 0 Å². The zero-order chi connectivity index (χ0) is 13.0. The van der Waals surface area contributed by atoms with Crippen LogP contribution in [0, 0.1) is 5.82 Å². The van der Waals surface area contributed by atoms with Gasteiger partial charge >= 0.3 is 0 Å². The molecule has 1 aliphatic rings. The van der Waals surface area contributed by atoms with Gasteiger partial charge in [-0.15, -0.1) is 0 Å². The van der Waals surface area contributed by atoms with E-state index in [1.807, 2.05) is 0 Å². The number of halogens is 2. The maximum Gasteiger partial charge on any atom is 0.137 e. The second-order valence-corrected chi connectivity index (χ2v) is 5.40. The molecular formula is C14H16BrFO2. The molecule has 1 aliphatic heterocycles. The highest BCUT2D eigenvalue weighted by molar-refractivity contribution is 9.10. The second kappa shape index (κ2) is 6.43. The number of ketones is 1. The van der Waals surface area contributed by atoms with Gasteiger partial charge in [0.05, 0.1) is 10.6 Å². The number of Topliss-reactive ketones (excluding diaryl/α,β-unsaturated/α-hetero) is 1. The summed E-state index contributed by atoms with van der Waals surface area (Å²) in [5.74, 6) is -0.184. The van der Waals surface area contributed by atoms with Gasteiger partial charge in [-0.3, -0.25) is 4.79 Å². The summed E-state index contributed by atoms with van der Waals surface area (Å²) < 4.78 is 19.2. The van der Waals surface area contributed by atoms with Gasteiger partial charge in [0.1, 0.15) is 11.6 Å². The largest absolute Gasteiger partial charge is 0.378 e. The molecule has 0 radical (unpaired) electrons. The molecule has 1 aromatic carbocycles. The van der Waals surface area contributed by atoms with Gasteiger partial charge in [0.15, 0.2) is 0 Å². The number of hydrogen-bond donors (Lipinski definition) is 0. The van der Waals surface area contributed by atoms with Crippen LogP contribution in [0.5, 0.6) is 0 Å². The maximum atomic E-state index is 13.3.